The van der Waals surface area contributed by atoms with Crippen molar-refractivity contribution in [2.24, 2.45) is 5.10 Å². The van der Waals surface area contributed by atoms with Crippen LogP contribution in [0.2, 0.25) is 0 Å². The van der Waals surface area contributed by atoms with Crippen LogP contribution in [0.3, 0.4) is 0 Å². The lowest BCUT2D eigenvalue weighted by Crippen LogP contribution is -2.00. The molecular weight excluding hydrogens is 336 g/mol. The molecule has 6 heteroatoms. The Kier molecular flexibility index (Phi) is 4.49. The van der Waals surface area contributed by atoms with Gasteiger partial charge in [0.1, 0.15) is 11.2 Å². The van der Waals surface area contributed by atoms with Crippen molar-refractivity contribution in [1.82, 2.24) is 9.97 Å². The van der Waals surface area contributed by atoms with E-state index in [0.29, 0.717) is 0 Å². The van der Waals surface area contributed by atoms with E-state index in [1.165, 1.54) is 34.6 Å². The molecule has 0 radical (unpaired) electrons. The summed E-state index contributed by atoms with van der Waals surface area (Å²) in [5.41, 5.74) is 5.61. The van der Waals surface area contributed by atoms with E-state index < -0.39 is 0 Å². The Labute approximate surface area is 149 Å². The van der Waals surface area contributed by atoms with Gasteiger partial charge in [-0.3, -0.25) is 5.43 Å². The predicted molar refractivity (Wildman–Crippen MR) is 103 cm³/mol. The normalized spacial score (nSPS) is 14.2. The molecule has 0 aliphatic heterocycles. The first kappa shape index (κ1) is 15.6. The van der Waals surface area contributed by atoms with Gasteiger partial charge in [-0.25, -0.2) is 9.97 Å². The van der Waals surface area contributed by atoms with Crippen LogP contribution in [-0.4, -0.2) is 22.4 Å². The monoisotopic (exact) mass is 354 g/mol. The van der Waals surface area contributed by atoms with Crippen LogP contribution in [-0.2, 0) is 12.8 Å². The fourth-order valence-corrected chi connectivity index (χ4v) is 4.67. The van der Waals surface area contributed by atoms with Gasteiger partial charge < -0.3 is 0 Å². The van der Waals surface area contributed by atoms with E-state index in [9.17, 15) is 0 Å². The van der Waals surface area contributed by atoms with Crippen LogP contribution < -0.4 is 5.43 Å². The van der Waals surface area contributed by atoms with Gasteiger partial charge in [-0.15, -0.1) is 23.1 Å². The smallest absolute Gasteiger partial charge is 0.158 e. The third kappa shape index (κ3) is 3.03. The Bertz CT molecular complexity index is 884. The van der Waals surface area contributed by atoms with Gasteiger partial charge in [0.15, 0.2) is 5.82 Å². The highest BCUT2D eigenvalue weighted by molar-refractivity contribution is 7.98. The number of anilines is 1. The molecule has 2 heterocycles. The summed E-state index contributed by atoms with van der Waals surface area (Å²) >= 11 is 3.54. The number of hydrogen-bond acceptors (Lipinski definition) is 6. The number of fused-ring (bicyclic) bond motifs is 3. The highest BCUT2D eigenvalue weighted by atomic mass is 32.2. The second-order valence-corrected chi connectivity index (χ2v) is 7.72. The van der Waals surface area contributed by atoms with Gasteiger partial charge in [0, 0.05) is 9.77 Å². The summed E-state index contributed by atoms with van der Waals surface area (Å²) in [6, 6.07) is 8.34. The van der Waals surface area contributed by atoms with Gasteiger partial charge in [0.05, 0.1) is 11.6 Å². The number of aryl methyl sites for hydroxylation is 2. The van der Waals surface area contributed by atoms with Crippen molar-refractivity contribution in [1.29, 1.82) is 0 Å². The van der Waals surface area contributed by atoms with Crippen molar-refractivity contribution in [2.45, 2.75) is 30.6 Å². The SMILES string of the molecule is CSc1ccc(/C=N/Nc2ncnc3sc4c(c23)CCCC4)cc1. The molecule has 0 fully saturated rings. The Morgan fingerprint density at radius 3 is 2.83 bits per heavy atom. The lowest BCUT2D eigenvalue weighted by molar-refractivity contribution is 0.700. The van der Waals surface area contributed by atoms with Crippen LogP contribution in [0, 0.1) is 0 Å². The van der Waals surface area contributed by atoms with Crippen molar-refractivity contribution < 1.29 is 0 Å². The fraction of sp³-hybridized carbons (Fsp3) is 0.278. The maximum atomic E-state index is 4.45. The van der Waals surface area contributed by atoms with Crippen LogP contribution in [0.25, 0.3) is 10.2 Å². The highest BCUT2D eigenvalue weighted by Crippen LogP contribution is 2.38. The Hall–Kier alpha value is -1.92. The quantitative estimate of drug-likeness (QED) is 0.418. The third-order valence-electron chi connectivity index (χ3n) is 4.25. The first-order chi connectivity index (χ1) is 11.8. The molecule has 2 aromatic heterocycles. The Morgan fingerprint density at radius 2 is 2.00 bits per heavy atom. The molecule has 0 atom stereocenters. The van der Waals surface area contributed by atoms with Gasteiger partial charge in [-0.1, -0.05) is 12.1 Å². The zero-order valence-electron chi connectivity index (χ0n) is 13.5. The summed E-state index contributed by atoms with van der Waals surface area (Å²) in [6.07, 6.45) is 10.3. The largest absolute Gasteiger partial charge is 0.261 e. The van der Waals surface area contributed by atoms with Crippen molar-refractivity contribution in [3.8, 4) is 0 Å². The van der Waals surface area contributed by atoms with Gasteiger partial charge in [0.25, 0.3) is 0 Å². The molecule has 0 spiro atoms. The second kappa shape index (κ2) is 6.91. The lowest BCUT2D eigenvalue weighted by Gasteiger charge is -2.11. The number of thioether (sulfide) groups is 1. The minimum atomic E-state index is 0.816. The molecule has 4 nitrogen and oxygen atoms in total. The number of rotatable bonds is 4. The summed E-state index contributed by atoms with van der Waals surface area (Å²) in [5, 5.41) is 5.54. The molecule has 24 heavy (non-hydrogen) atoms. The van der Waals surface area contributed by atoms with E-state index in [0.717, 1.165) is 28.0 Å². The van der Waals surface area contributed by atoms with E-state index >= 15 is 0 Å². The topological polar surface area (TPSA) is 50.2 Å². The minimum Gasteiger partial charge on any atom is -0.261 e. The molecule has 3 aromatic rings. The number of nitrogens with one attached hydrogen (secondary N) is 1. The summed E-state index contributed by atoms with van der Waals surface area (Å²) in [7, 11) is 0. The van der Waals surface area contributed by atoms with Gasteiger partial charge >= 0.3 is 0 Å². The highest BCUT2D eigenvalue weighted by Gasteiger charge is 2.19. The third-order valence-corrected chi connectivity index (χ3v) is 6.19. The maximum absolute atomic E-state index is 4.45. The molecule has 0 unspecified atom stereocenters. The summed E-state index contributed by atoms with van der Waals surface area (Å²) in [6.45, 7) is 0. The van der Waals surface area contributed by atoms with Crippen LogP contribution >= 0.6 is 23.1 Å². The molecule has 122 valence electrons. The Morgan fingerprint density at radius 1 is 1.17 bits per heavy atom. The van der Waals surface area contributed by atoms with E-state index in [1.807, 2.05) is 6.21 Å². The molecule has 1 aliphatic carbocycles. The zero-order valence-corrected chi connectivity index (χ0v) is 15.1. The zero-order chi connectivity index (χ0) is 16.4. The fourth-order valence-electron chi connectivity index (χ4n) is 3.03. The number of hydrazone groups is 1. The van der Waals surface area contributed by atoms with Crippen molar-refractivity contribution in [3.63, 3.8) is 0 Å². The maximum Gasteiger partial charge on any atom is 0.158 e. The first-order valence-electron chi connectivity index (χ1n) is 8.03. The number of hydrogen-bond donors (Lipinski definition) is 1. The molecule has 0 bridgehead atoms. The van der Waals surface area contributed by atoms with Gasteiger partial charge in [-0.2, -0.15) is 5.10 Å². The summed E-state index contributed by atoms with van der Waals surface area (Å²) in [4.78, 5) is 12.6. The van der Waals surface area contributed by atoms with E-state index in [2.05, 4.69) is 51.0 Å². The number of thiophene rings is 1. The van der Waals surface area contributed by atoms with E-state index in [4.69, 9.17) is 0 Å². The number of nitrogens with zero attached hydrogens (tertiary/aromatic N) is 3. The average molecular weight is 355 g/mol. The average Bonchev–Trinajstić information content (AvgIpc) is 3.02. The van der Waals surface area contributed by atoms with Crippen LogP contribution in [0.5, 0.6) is 0 Å². The van der Waals surface area contributed by atoms with Crippen molar-refractivity contribution in [3.05, 3.63) is 46.6 Å². The second-order valence-electron chi connectivity index (χ2n) is 5.76. The molecule has 1 N–H and O–H groups in total. The molecule has 4 rings (SSSR count). The molecule has 0 saturated heterocycles. The Balaban J connectivity index is 1.60. The predicted octanol–water partition coefficient (Wildman–Crippen LogP) is 4.74. The summed E-state index contributed by atoms with van der Waals surface area (Å²) < 4.78 is 0. The van der Waals surface area contributed by atoms with Gasteiger partial charge in [-0.05, 0) is 55.2 Å². The molecule has 0 amide bonds. The van der Waals surface area contributed by atoms with Crippen LogP contribution in [0.4, 0.5) is 5.82 Å². The summed E-state index contributed by atoms with van der Waals surface area (Å²) in [5.74, 6) is 0.816. The molecular formula is C18H18N4S2. The first-order valence-corrected chi connectivity index (χ1v) is 10.1. The number of benzene rings is 1. The van der Waals surface area contributed by atoms with E-state index in [1.54, 1.807) is 29.4 Å². The standard InChI is InChI=1S/C18H18N4S2/c1-23-13-8-6-12(7-9-13)10-21-22-17-16-14-4-2-3-5-15(14)24-18(16)20-11-19-17/h6-11H,2-5H2,1H3,(H,19,20,22)/b21-10+. The van der Waals surface area contributed by atoms with Crippen molar-refractivity contribution >= 4 is 45.3 Å². The van der Waals surface area contributed by atoms with E-state index in [-0.39, 0.29) is 0 Å². The molecule has 1 aromatic carbocycles. The molecule has 0 saturated carbocycles. The molecule has 1 aliphatic rings. The number of aromatic nitrogens is 2. The van der Waals surface area contributed by atoms with Crippen LogP contribution in [0.1, 0.15) is 28.8 Å². The van der Waals surface area contributed by atoms with Gasteiger partial charge in [0.2, 0.25) is 0 Å². The minimum absolute atomic E-state index is 0.816. The van der Waals surface area contributed by atoms with Crippen molar-refractivity contribution in [2.75, 3.05) is 11.7 Å². The van der Waals surface area contributed by atoms with Crippen LogP contribution in [0.15, 0.2) is 40.6 Å². The lowest BCUT2D eigenvalue weighted by atomic mass is 9.97.